The van der Waals surface area contributed by atoms with E-state index in [4.69, 9.17) is 4.74 Å². The fourth-order valence-electron chi connectivity index (χ4n) is 2.39. The van der Waals surface area contributed by atoms with Crippen LogP contribution in [0.15, 0.2) is 48.2 Å². The van der Waals surface area contributed by atoms with Gasteiger partial charge in [0.1, 0.15) is 18.2 Å². The second kappa shape index (κ2) is 7.47. The molecular formula is C18H16F3N3O2. The molecule has 0 spiro atoms. The van der Waals surface area contributed by atoms with E-state index >= 15 is 0 Å². The number of aromatic nitrogens is 1. The van der Waals surface area contributed by atoms with Crippen LogP contribution < -0.4 is 15.4 Å². The minimum Gasteiger partial charge on any atom is -0.488 e. The van der Waals surface area contributed by atoms with Gasteiger partial charge in [-0.25, -0.2) is 4.98 Å². The summed E-state index contributed by atoms with van der Waals surface area (Å²) >= 11 is 0. The van der Waals surface area contributed by atoms with Crippen LogP contribution in [0, 0.1) is 0 Å². The number of hydrogen-bond donors (Lipinski definition) is 2. The third kappa shape index (κ3) is 4.33. The second-order valence-corrected chi connectivity index (χ2v) is 5.61. The number of carbonyl (C=O) groups excluding carboxylic acids is 1. The first-order valence-corrected chi connectivity index (χ1v) is 7.91. The van der Waals surface area contributed by atoms with Crippen molar-refractivity contribution in [1.29, 1.82) is 0 Å². The molecule has 1 amide bonds. The molecule has 8 heteroatoms. The van der Waals surface area contributed by atoms with Crippen molar-refractivity contribution in [3.05, 3.63) is 59.3 Å². The maximum absolute atomic E-state index is 12.5. The van der Waals surface area contributed by atoms with Gasteiger partial charge in [0.2, 0.25) is 0 Å². The highest BCUT2D eigenvalue weighted by atomic mass is 19.4. The van der Waals surface area contributed by atoms with Crippen molar-refractivity contribution in [2.45, 2.75) is 6.18 Å². The highest BCUT2D eigenvalue weighted by molar-refractivity contribution is 5.99. The number of anilines is 1. The molecule has 2 N–H and O–H groups in total. The lowest BCUT2D eigenvalue weighted by molar-refractivity contribution is -0.137. The average Bonchev–Trinajstić information content (AvgIpc) is 2.64. The average molecular weight is 363 g/mol. The van der Waals surface area contributed by atoms with E-state index in [1.54, 1.807) is 6.08 Å². The Bertz CT molecular complexity index is 817. The molecule has 0 saturated heterocycles. The Morgan fingerprint density at radius 1 is 1.15 bits per heavy atom. The first-order chi connectivity index (χ1) is 12.4. The van der Waals surface area contributed by atoms with Crippen LogP contribution in [0.25, 0.3) is 6.08 Å². The van der Waals surface area contributed by atoms with Crippen LogP contribution in [0.2, 0.25) is 0 Å². The molecule has 0 saturated carbocycles. The van der Waals surface area contributed by atoms with E-state index in [2.05, 4.69) is 15.6 Å². The normalized spacial score (nSPS) is 13.3. The number of benzene rings is 1. The molecule has 0 atom stereocenters. The Morgan fingerprint density at radius 3 is 2.69 bits per heavy atom. The highest BCUT2D eigenvalue weighted by Crippen LogP contribution is 2.29. The highest BCUT2D eigenvalue weighted by Gasteiger charge is 2.30. The molecule has 3 rings (SSSR count). The van der Waals surface area contributed by atoms with E-state index in [0.717, 1.165) is 23.6 Å². The van der Waals surface area contributed by atoms with E-state index in [1.807, 2.05) is 24.3 Å². The van der Waals surface area contributed by atoms with Gasteiger partial charge in [0.25, 0.3) is 5.91 Å². The monoisotopic (exact) mass is 363 g/mol. The molecular weight excluding hydrogens is 347 g/mol. The van der Waals surface area contributed by atoms with Gasteiger partial charge in [-0.2, -0.15) is 13.2 Å². The maximum Gasteiger partial charge on any atom is 0.417 e. The molecule has 0 aliphatic carbocycles. The molecule has 1 aliphatic rings. The topological polar surface area (TPSA) is 63.2 Å². The van der Waals surface area contributed by atoms with Crippen LogP contribution >= 0.6 is 0 Å². The summed E-state index contributed by atoms with van der Waals surface area (Å²) in [6, 6.07) is 9.62. The van der Waals surface area contributed by atoms with Crippen LogP contribution in [0.3, 0.4) is 0 Å². The number of pyridine rings is 1. The lowest BCUT2D eigenvalue weighted by Crippen LogP contribution is -2.32. The zero-order chi connectivity index (χ0) is 18.6. The van der Waals surface area contributed by atoms with Gasteiger partial charge in [0.05, 0.1) is 11.1 Å². The van der Waals surface area contributed by atoms with Crippen molar-refractivity contribution in [3.63, 3.8) is 0 Å². The van der Waals surface area contributed by atoms with E-state index in [0.29, 0.717) is 24.5 Å². The van der Waals surface area contributed by atoms with Gasteiger partial charge in [-0.15, -0.1) is 0 Å². The number of rotatable bonds is 5. The van der Waals surface area contributed by atoms with Crippen molar-refractivity contribution < 1.29 is 22.7 Å². The zero-order valence-electron chi connectivity index (χ0n) is 13.6. The molecule has 0 bridgehead atoms. The predicted octanol–water partition coefficient (Wildman–Crippen LogP) is 3.10. The van der Waals surface area contributed by atoms with Gasteiger partial charge >= 0.3 is 6.18 Å². The minimum atomic E-state index is -4.41. The van der Waals surface area contributed by atoms with Crippen molar-refractivity contribution in [2.24, 2.45) is 0 Å². The van der Waals surface area contributed by atoms with Crippen molar-refractivity contribution in [3.8, 4) is 5.75 Å². The van der Waals surface area contributed by atoms with Crippen LogP contribution in [0.4, 0.5) is 19.0 Å². The van der Waals surface area contributed by atoms with Crippen molar-refractivity contribution >= 4 is 17.8 Å². The van der Waals surface area contributed by atoms with E-state index in [-0.39, 0.29) is 12.5 Å². The lowest BCUT2D eigenvalue weighted by atomic mass is 10.1. The Kier molecular flexibility index (Phi) is 5.11. The number of nitrogens with one attached hydrogen (secondary N) is 2. The summed E-state index contributed by atoms with van der Waals surface area (Å²) in [4.78, 5) is 15.8. The van der Waals surface area contributed by atoms with E-state index in [9.17, 15) is 18.0 Å². The van der Waals surface area contributed by atoms with Gasteiger partial charge in [0, 0.05) is 24.8 Å². The molecule has 2 heterocycles. The molecule has 26 heavy (non-hydrogen) atoms. The maximum atomic E-state index is 12.5. The van der Waals surface area contributed by atoms with Crippen LogP contribution in [-0.2, 0) is 11.0 Å². The van der Waals surface area contributed by atoms with E-state index in [1.165, 1.54) is 6.07 Å². The number of ether oxygens (including phenoxy) is 1. The van der Waals surface area contributed by atoms with Crippen molar-refractivity contribution in [2.75, 3.05) is 25.0 Å². The Morgan fingerprint density at radius 2 is 1.96 bits per heavy atom. The molecule has 2 aromatic rings. The number of halogens is 3. The number of carbonyl (C=O) groups is 1. The number of nitrogens with zero attached hydrogens (tertiary/aromatic N) is 1. The Labute approximate surface area is 147 Å². The van der Waals surface area contributed by atoms with E-state index < -0.39 is 11.7 Å². The van der Waals surface area contributed by atoms with Crippen LogP contribution in [0.1, 0.15) is 11.1 Å². The second-order valence-electron chi connectivity index (χ2n) is 5.61. The lowest BCUT2D eigenvalue weighted by Gasteiger charge is -2.17. The third-order valence-electron chi connectivity index (χ3n) is 3.73. The first-order valence-electron chi connectivity index (χ1n) is 7.91. The molecule has 5 nitrogen and oxygen atoms in total. The fraction of sp³-hybridized carbons (Fsp3) is 0.222. The number of hydrogen-bond acceptors (Lipinski definition) is 4. The molecule has 1 aromatic heterocycles. The molecule has 1 aromatic carbocycles. The SMILES string of the molecule is O=C(NCCNc1ccc(C(F)(F)F)cn1)C1=Cc2ccccc2OC1. The summed E-state index contributed by atoms with van der Waals surface area (Å²) in [5.41, 5.74) is 0.549. The smallest absolute Gasteiger partial charge is 0.417 e. The quantitative estimate of drug-likeness (QED) is 0.802. The molecule has 0 unspecified atom stereocenters. The predicted molar refractivity (Wildman–Crippen MR) is 90.7 cm³/mol. The minimum absolute atomic E-state index is 0.191. The number of alkyl halides is 3. The molecule has 1 aliphatic heterocycles. The Hall–Kier alpha value is -3.03. The summed E-state index contributed by atoms with van der Waals surface area (Å²) in [6.07, 6.45) is -1.87. The molecule has 136 valence electrons. The van der Waals surface area contributed by atoms with Crippen LogP contribution in [-0.4, -0.2) is 30.6 Å². The summed E-state index contributed by atoms with van der Waals surface area (Å²) in [7, 11) is 0. The number of para-hydroxylation sites is 1. The van der Waals surface area contributed by atoms with Gasteiger partial charge in [-0.1, -0.05) is 18.2 Å². The van der Waals surface area contributed by atoms with Gasteiger partial charge in [-0.05, 0) is 24.3 Å². The third-order valence-corrected chi connectivity index (χ3v) is 3.73. The number of amides is 1. The summed E-state index contributed by atoms with van der Waals surface area (Å²) in [6.45, 7) is 0.812. The largest absolute Gasteiger partial charge is 0.488 e. The summed E-state index contributed by atoms with van der Waals surface area (Å²) in [5.74, 6) is 0.794. The zero-order valence-corrected chi connectivity index (χ0v) is 13.6. The van der Waals surface area contributed by atoms with Crippen molar-refractivity contribution in [1.82, 2.24) is 10.3 Å². The first kappa shape index (κ1) is 17.8. The standard InChI is InChI=1S/C18H16F3N3O2/c19-18(20,21)14-5-6-16(24-10-14)22-7-8-23-17(25)13-9-12-3-1-2-4-15(12)26-11-13/h1-6,9-10H,7-8,11H2,(H,22,24)(H,23,25). The summed E-state index contributed by atoms with van der Waals surface area (Å²) in [5, 5.41) is 5.58. The van der Waals surface area contributed by atoms with Gasteiger partial charge in [0.15, 0.2) is 0 Å². The van der Waals surface area contributed by atoms with Crippen LogP contribution in [0.5, 0.6) is 5.75 Å². The Balaban J connectivity index is 1.47. The van der Waals surface area contributed by atoms with Gasteiger partial charge < -0.3 is 15.4 Å². The fourth-order valence-corrected chi connectivity index (χ4v) is 2.39. The summed E-state index contributed by atoms with van der Waals surface area (Å²) < 4.78 is 42.9. The van der Waals surface area contributed by atoms with Gasteiger partial charge in [-0.3, -0.25) is 4.79 Å². The molecule has 0 radical (unpaired) electrons. The number of fused-ring (bicyclic) bond motifs is 1. The molecule has 0 fully saturated rings.